The van der Waals surface area contributed by atoms with Crippen molar-refractivity contribution in [3.8, 4) is 5.75 Å². The first kappa shape index (κ1) is 29.6. The summed E-state index contributed by atoms with van der Waals surface area (Å²) in [5.74, 6) is -0.122. The fourth-order valence-corrected chi connectivity index (χ4v) is 4.47. The Morgan fingerprint density at radius 1 is 0.780 bits per heavy atom. The molecule has 4 aromatic rings. The van der Waals surface area contributed by atoms with Crippen molar-refractivity contribution in [1.29, 1.82) is 0 Å². The van der Waals surface area contributed by atoms with Gasteiger partial charge in [0.25, 0.3) is 5.91 Å². The summed E-state index contributed by atoms with van der Waals surface area (Å²) in [6.45, 7) is 1.90. The number of halogens is 1. The van der Waals surface area contributed by atoms with E-state index in [0.29, 0.717) is 45.0 Å². The molecule has 0 spiro atoms. The normalized spacial score (nSPS) is 10.8. The number of methoxy groups -OCH3 is 1. The van der Waals surface area contributed by atoms with Gasteiger partial charge < -0.3 is 23.8 Å². The van der Waals surface area contributed by atoms with E-state index in [1.807, 2.05) is 71.4 Å². The molecule has 0 saturated heterocycles. The molecule has 8 heteroatoms. The van der Waals surface area contributed by atoms with Crippen molar-refractivity contribution in [2.75, 3.05) is 33.4 Å². The van der Waals surface area contributed by atoms with Gasteiger partial charge in [-0.25, -0.2) is 4.39 Å². The molecule has 41 heavy (non-hydrogen) atoms. The topological polar surface area (TPSA) is 64.0 Å². The molecule has 0 aliphatic heterocycles. The fraction of sp³-hybridized carbons (Fsp3) is 0.273. The first-order valence-corrected chi connectivity index (χ1v) is 13.7. The maximum atomic E-state index is 13.8. The number of carbonyl (C=O) groups excluding carboxylic acids is 2. The zero-order chi connectivity index (χ0) is 28.9. The molecular formula is C33H36FN3O4. The van der Waals surface area contributed by atoms with Crippen LogP contribution >= 0.6 is 0 Å². The maximum absolute atomic E-state index is 13.8. The van der Waals surface area contributed by atoms with Crippen molar-refractivity contribution in [2.45, 2.75) is 26.1 Å². The minimum Gasteiger partial charge on any atom is -0.484 e. The number of hydrogen-bond donors (Lipinski definition) is 0. The summed E-state index contributed by atoms with van der Waals surface area (Å²) >= 11 is 0. The number of amides is 2. The Balaban J connectivity index is 1.49. The second-order valence-corrected chi connectivity index (χ2v) is 9.75. The van der Waals surface area contributed by atoms with Gasteiger partial charge in [-0.15, -0.1) is 0 Å². The molecule has 0 bridgehead atoms. The van der Waals surface area contributed by atoms with E-state index in [1.165, 1.54) is 12.1 Å². The van der Waals surface area contributed by atoms with Crippen LogP contribution in [0, 0.1) is 5.82 Å². The molecule has 1 heterocycles. The molecular weight excluding hydrogens is 521 g/mol. The third kappa shape index (κ3) is 9.32. The van der Waals surface area contributed by atoms with Gasteiger partial charge in [0.1, 0.15) is 11.6 Å². The summed E-state index contributed by atoms with van der Waals surface area (Å²) in [6.07, 6.45) is 2.55. The quantitative estimate of drug-likeness (QED) is 0.190. The van der Waals surface area contributed by atoms with Crippen LogP contribution < -0.4 is 4.74 Å². The number of hydrogen-bond acceptors (Lipinski definition) is 4. The molecule has 0 aliphatic carbocycles. The molecule has 4 rings (SSSR count). The Morgan fingerprint density at radius 2 is 1.49 bits per heavy atom. The predicted octanol–water partition coefficient (Wildman–Crippen LogP) is 5.15. The van der Waals surface area contributed by atoms with Gasteiger partial charge in [0.05, 0.1) is 13.1 Å². The number of nitrogens with zero attached hydrogens (tertiary/aromatic N) is 3. The van der Waals surface area contributed by atoms with Gasteiger partial charge in [-0.2, -0.15) is 0 Å². The van der Waals surface area contributed by atoms with E-state index < -0.39 is 0 Å². The summed E-state index contributed by atoms with van der Waals surface area (Å²) in [4.78, 5) is 30.3. The van der Waals surface area contributed by atoms with Crippen molar-refractivity contribution in [2.24, 2.45) is 0 Å². The highest BCUT2D eigenvalue weighted by atomic mass is 19.1. The molecule has 7 nitrogen and oxygen atoms in total. The Morgan fingerprint density at radius 3 is 2.20 bits per heavy atom. The van der Waals surface area contributed by atoms with Crippen LogP contribution in [-0.2, 0) is 34.0 Å². The number of benzene rings is 3. The molecule has 0 unspecified atom stereocenters. The predicted molar refractivity (Wildman–Crippen MR) is 156 cm³/mol. The van der Waals surface area contributed by atoms with Crippen LogP contribution in [0.25, 0.3) is 0 Å². The number of para-hydroxylation sites is 1. The number of ether oxygens (including phenoxy) is 2. The van der Waals surface area contributed by atoms with Gasteiger partial charge >= 0.3 is 0 Å². The second kappa shape index (κ2) is 15.4. The van der Waals surface area contributed by atoms with Crippen LogP contribution in [0.5, 0.6) is 5.75 Å². The second-order valence-electron chi connectivity index (χ2n) is 9.75. The van der Waals surface area contributed by atoms with E-state index in [1.54, 1.807) is 41.2 Å². The number of aromatic nitrogens is 1. The Kier molecular flexibility index (Phi) is 11.1. The average molecular weight is 558 g/mol. The largest absolute Gasteiger partial charge is 0.484 e. The summed E-state index contributed by atoms with van der Waals surface area (Å²) in [5.41, 5.74) is 2.88. The molecule has 0 saturated carbocycles. The summed E-state index contributed by atoms with van der Waals surface area (Å²) in [5, 5.41) is 0. The smallest absolute Gasteiger partial charge is 0.260 e. The van der Waals surface area contributed by atoms with Crippen molar-refractivity contribution >= 4 is 11.8 Å². The zero-order valence-corrected chi connectivity index (χ0v) is 23.3. The summed E-state index contributed by atoms with van der Waals surface area (Å²) < 4.78 is 26.3. The first-order chi connectivity index (χ1) is 20.0. The van der Waals surface area contributed by atoms with E-state index in [4.69, 9.17) is 9.47 Å². The standard InChI is InChI=1S/C33H36FN3O4/c1-40-21-9-20-36(33(39)26-41-31-13-6-3-7-14-31)25-32(38)37(23-27-10-4-2-5-11-27)24-30-12-8-19-35(30)22-28-15-17-29(34)18-16-28/h2-8,10-19H,9,20-26H2,1H3. The molecule has 0 atom stereocenters. The van der Waals surface area contributed by atoms with Crippen LogP contribution in [0.15, 0.2) is 103 Å². The number of rotatable bonds is 15. The van der Waals surface area contributed by atoms with E-state index in [2.05, 4.69) is 0 Å². The summed E-state index contributed by atoms with van der Waals surface area (Å²) in [7, 11) is 1.61. The molecule has 3 aromatic carbocycles. The van der Waals surface area contributed by atoms with Gasteiger partial charge in [-0.05, 0) is 53.9 Å². The average Bonchev–Trinajstić information content (AvgIpc) is 3.43. The minimum absolute atomic E-state index is 0.0772. The fourth-order valence-electron chi connectivity index (χ4n) is 4.47. The highest BCUT2D eigenvalue weighted by molar-refractivity contribution is 5.85. The minimum atomic E-state index is -0.278. The lowest BCUT2D eigenvalue weighted by molar-refractivity contribution is -0.142. The Bertz CT molecular complexity index is 1360. The lowest BCUT2D eigenvalue weighted by atomic mass is 10.2. The molecule has 0 radical (unpaired) electrons. The van der Waals surface area contributed by atoms with Crippen LogP contribution in [-0.4, -0.2) is 59.6 Å². The van der Waals surface area contributed by atoms with Crippen molar-refractivity contribution in [3.05, 3.63) is 126 Å². The van der Waals surface area contributed by atoms with Crippen LogP contribution in [0.2, 0.25) is 0 Å². The third-order valence-corrected chi connectivity index (χ3v) is 6.67. The third-order valence-electron chi connectivity index (χ3n) is 6.67. The highest BCUT2D eigenvalue weighted by Gasteiger charge is 2.23. The number of carbonyl (C=O) groups is 2. The van der Waals surface area contributed by atoms with Gasteiger partial charge in [0, 0.05) is 45.2 Å². The van der Waals surface area contributed by atoms with Gasteiger partial charge in [0.15, 0.2) is 6.61 Å². The first-order valence-electron chi connectivity index (χ1n) is 13.7. The van der Waals surface area contributed by atoms with E-state index in [9.17, 15) is 14.0 Å². The lowest BCUT2D eigenvalue weighted by Gasteiger charge is -2.28. The summed E-state index contributed by atoms with van der Waals surface area (Å²) in [6, 6.07) is 29.2. The van der Waals surface area contributed by atoms with E-state index >= 15 is 0 Å². The monoisotopic (exact) mass is 557 g/mol. The maximum Gasteiger partial charge on any atom is 0.260 e. The van der Waals surface area contributed by atoms with Crippen molar-refractivity contribution in [1.82, 2.24) is 14.4 Å². The van der Waals surface area contributed by atoms with E-state index in [0.717, 1.165) is 16.8 Å². The molecule has 0 N–H and O–H groups in total. The SMILES string of the molecule is COCCCN(CC(=O)N(Cc1ccccc1)Cc1cccn1Cc1ccc(F)cc1)C(=O)COc1ccccc1. The van der Waals surface area contributed by atoms with Crippen LogP contribution in [0.3, 0.4) is 0 Å². The van der Waals surface area contributed by atoms with Crippen molar-refractivity contribution < 1.29 is 23.5 Å². The zero-order valence-electron chi connectivity index (χ0n) is 23.3. The molecule has 0 fully saturated rings. The molecule has 2 amide bonds. The molecule has 1 aromatic heterocycles. The Hall–Kier alpha value is -4.43. The van der Waals surface area contributed by atoms with Gasteiger partial charge in [-0.3, -0.25) is 9.59 Å². The van der Waals surface area contributed by atoms with Gasteiger partial charge in [-0.1, -0.05) is 60.7 Å². The Labute approximate surface area is 240 Å². The van der Waals surface area contributed by atoms with Crippen LogP contribution in [0.4, 0.5) is 4.39 Å². The molecule has 0 aliphatic rings. The van der Waals surface area contributed by atoms with E-state index in [-0.39, 0.29) is 30.8 Å². The molecule has 214 valence electrons. The van der Waals surface area contributed by atoms with Crippen molar-refractivity contribution in [3.63, 3.8) is 0 Å². The van der Waals surface area contributed by atoms with Gasteiger partial charge in [0.2, 0.25) is 5.91 Å². The lowest BCUT2D eigenvalue weighted by Crippen LogP contribution is -2.44. The van der Waals surface area contributed by atoms with Crippen LogP contribution in [0.1, 0.15) is 23.2 Å². The highest BCUT2D eigenvalue weighted by Crippen LogP contribution is 2.15.